The van der Waals surface area contributed by atoms with Crippen LogP contribution in [0, 0.1) is 10.1 Å². The Hall–Kier alpha value is -1.17. The van der Waals surface area contributed by atoms with Crippen LogP contribution in [-0.2, 0) is 6.54 Å². The zero-order chi connectivity index (χ0) is 13.7. The molecular formula is C13H18ClN3O2. The van der Waals surface area contributed by atoms with E-state index in [-0.39, 0.29) is 5.69 Å². The lowest BCUT2D eigenvalue weighted by Gasteiger charge is -2.14. The number of likely N-dealkylation sites (tertiary alicyclic amines) is 1. The summed E-state index contributed by atoms with van der Waals surface area (Å²) >= 11 is 6.02. The Morgan fingerprint density at radius 2 is 2.11 bits per heavy atom. The number of nitrogens with one attached hydrogen (secondary N) is 1. The SMILES string of the molecule is O=[N+]([O-])c1ccc(CNCCN2CCCC2)c(Cl)c1. The minimum absolute atomic E-state index is 0.0332. The summed E-state index contributed by atoms with van der Waals surface area (Å²) in [7, 11) is 0. The van der Waals surface area contributed by atoms with Crippen LogP contribution in [0.5, 0.6) is 0 Å². The van der Waals surface area contributed by atoms with Gasteiger partial charge in [0.05, 0.1) is 9.95 Å². The van der Waals surface area contributed by atoms with Crippen LogP contribution in [0.25, 0.3) is 0 Å². The van der Waals surface area contributed by atoms with Crippen LogP contribution in [0.2, 0.25) is 5.02 Å². The van der Waals surface area contributed by atoms with Crippen molar-refractivity contribution in [2.45, 2.75) is 19.4 Å². The van der Waals surface area contributed by atoms with Gasteiger partial charge in [-0.1, -0.05) is 11.6 Å². The van der Waals surface area contributed by atoms with Crippen LogP contribution in [0.1, 0.15) is 18.4 Å². The van der Waals surface area contributed by atoms with Crippen LogP contribution in [-0.4, -0.2) is 36.0 Å². The summed E-state index contributed by atoms with van der Waals surface area (Å²) in [5, 5.41) is 14.4. The van der Waals surface area contributed by atoms with Crippen LogP contribution in [0.3, 0.4) is 0 Å². The van der Waals surface area contributed by atoms with Gasteiger partial charge in [0.15, 0.2) is 0 Å². The van der Waals surface area contributed by atoms with Crippen molar-refractivity contribution < 1.29 is 4.92 Å². The normalized spacial score (nSPS) is 15.8. The van der Waals surface area contributed by atoms with Gasteiger partial charge >= 0.3 is 0 Å². The third kappa shape index (κ3) is 4.16. The fourth-order valence-electron chi connectivity index (χ4n) is 2.26. The second-order valence-corrected chi connectivity index (χ2v) is 5.17. The van der Waals surface area contributed by atoms with Crippen molar-refractivity contribution in [2.75, 3.05) is 26.2 Å². The number of nitro groups is 1. The Kier molecular flexibility index (Phi) is 5.13. The van der Waals surface area contributed by atoms with Crippen LogP contribution in [0.4, 0.5) is 5.69 Å². The molecule has 0 atom stereocenters. The smallest absolute Gasteiger partial charge is 0.270 e. The molecule has 6 heteroatoms. The average molecular weight is 284 g/mol. The zero-order valence-electron chi connectivity index (χ0n) is 10.8. The Morgan fingerprint density at radius 3 is 2.74 bits per heavy atom. The van der Waals surface area contributed by atoms with Crippen molar-refractivity contribution in [3.8, 4) is 0 Å². The van der Waals surface area contributed by atoms with E-state index in [1.165, 1.54) is 38.1 Å². The molecule has 0 aromatic heterocycles. The van der Waals surface area contributed by atoms with Gasteiger partial charge in [-0.25, -0.2) is 0 Å². The molecule has 1 heterocycles. The van der Waals surface area contributed by atoms with E-state index in [0.29, 0.717) is 11.6 Å². The van der Waals surface area contributed by atoms with Gasteiger partial charge in [0.1, 0.15) is 0 Å². The fraction of sp³-hybridized carbons (Fsp3) is 0.538. The molecule has 1 fully saturated rings. The van der Waals surface area contributed by atoms with Crippen molar-refractivity contribution in [1.82, 2.24) is 10.2 Å². The van der Waals surface area contributed by atoms with Gasteiger partial charge in [-0.2, -0.15) is 0 Å². The van der Waals surface area contributed by atoms with E-state index in [1.807, 2.05) is 0 Å². The summed E-state index contributed by atoms with van der Waals surface area (Å²) in [5.74, 6) is 0. The summed E-state index contributed by atoms with van der Waals surface area (Å²) in [5.41, 5.74) is 0.930. The molecule has 0 amide bonds. The molecule has 0 radical (unpaired) electrons. The first kappa shape index (κ1) is 14.2. The number of nitro benzene ring substituents is 1. The summed E-state index contributed by atoms with van der Waals surface area (Å²) in [6.07, 6.45) is 2.60. The summed E-state index contributed by atoms with van der Waals surface area (Å²) in [6, 6.07) is 4.60. The van der Waals surface area contributed by atoms with Crippen molar-refractivity contribution in [3.05, 3.63) is 38.9 Å². The summed E-state index contributed by atoms with van der Waals surface area (Å²) in [4.78, 5) is 12.6. The lowest BCUT2D eigenvalue weighted by atomic mass is 10.2. The lowest BCUT2D eigenvalue weighted by molar-refractivity contribution is -0.384. The molecule has 1 aromatic rings. The molecule has 1 saturated heterocycles. The van der Waals surface area contributed by atoms with Crippen molar-refractivity contribution in [3.63, 3.8) is 0 Å². The Bertz CT molecular complexity index is 448. The largest absolute Gasteiger partial charge is 0.311 e. The fourth-order valence-corrected chi connectivity index (χ4v) is 2.50. The van der Waals surface area contributed by atoms with E-state index < -0.39 is 4.92 Å². The quantitative estimate of drug-likeness (QED) is 0.495. The van der Waals surface area contributed by atoms with E-state index in [1.54, 1.807) is 6.07 Å². The molecule has 0 spiro atoms. The molecule has 0 bridgehead atoms. The van der Waals surface area contributed by atoms with Crippen LogP contribution in [0.15, 0.2) is 18.2 Å². The number of non-ortho nitro benzene ring substituents is 1. The molecule has 0 saturated carbocycles. The molecule has 1 aromatic carbocycles. The van der Waals surface area contributed by atoms with Crippen molar-refractivity contribution >= 4 is 17.3 Å². The van der Waals surface area contributed by atoms with E-state index in [9.17, 15) is 10.1 Å². The monoisotopic (exact) mass is 283 g/mol. The first-order valence-electron chi connectivity index (χ1n) is 6.53. The van der Waals surface area contributed by atoms with Crippen LogP contribution < -0.4 is 5.32 Å². The maximum atomic E-state index is 10.6. The number of hydrogen-bond donors (Lipinski definition) is 1. The molecule has 104 valence electrons. The van der Waals surface area contributed by atoms with E-state index in [0.717, 1.165) is 18.7 Å². The standard InChI is InChI=1S/C13H18ClN3O2/c14-13-9-12(17(18)19)4-3-11(13)10-15-5-8-16-6-1-2-7-16/h3-4,9,15H,1-2,5-8,10H2. The number of benzene rings is 1. The van der Waals surface area contributed by atoms with Gasteiger partial charge in [0, 0.05) is 31.8 Å². The van der Waals surface area contributed by atoms with E-state index in [2.05, 4.69) is 10.2 Å². The van der Waals surface area contributed by atoms with Crippen molar-refractivity contribution in [1.29, 1.82) is 0 Å². The Morgan fingerprint density at radius 1 is 1.37 bits per heavy atom. The number of halogens is 1. The van der Waals surface area contributed by atoms with Crippen molar-refractivity contribution in [2.24, 2.45) is 0 Å². The molecule has 1 aliphatic heterocycles. The highest BCUT2D eigenvalue weighted by molar-refractivity contribution is 6.31. The van der Waals surface area contributed by atoms with Gasteiger partial charge in [-0.3, -0.25) is 10.1 Å². The van der Waals surface area contributed by atoms with Gasteiger partial charge in [0.25, 0.3) is 5.69 Å². The zero-order valence-corrected chi connectivity index (χ0v) is 11.5. The van der Waals surface area contributed by atoms with E-state index >= 15 is 0 Å². The first-order chi connectivity index (χ1) is 9.16. The molecule has 1 aliphatic rings. The van der Waals surface area contributed by atoms with Gasteiger partial charge in [-0.15, -0.1) is 0 Å². The summed E-state index contributed by atoms with van der Waals surface area (Å²) in [6.45, 7) is 4.99. The molecule has 5 nitrogen and oxygen atoms in total. The molecule has 0 aliphatic carbocycles. The summed E-state index contributed by atoms with van der Waals surface area (Å²) < 4.78 is 0. The van der Waals surface area contributed by atoms with Gasteiger partial charge in [0.2, 0.25) is 0 Å². The first-order valence-corrected chi connectivity index (χ1v) is 6.90. The maximum Gasteiger partial charge on any atom is 0.270 e. The topological polar surface area (TPSA) is 58.4 Å². The highest BCUT2D eigenvalue weighted by atomic mass is 35.5. The minimum Gasteiger partial charge on any atom is -0.311 e. The van der Waals surface area contributed by atoms with E-state index in [4.69, 9.17) is 11.6 Å². The third-order valence-corrected chi connectivity index (χ3v) is 3.72. The maximum absolute atomic E-state index is 10.6. The second-order valence-electron chi connectivity index (χ2n) is 4.76. The second kappa shape index (κ2) is 6.84. The predicted octanol–water partition coefficient (Wildman–Crippen LogP) is 2.43. The molecule has 0 unspecified atom stereocenters. The van der Waals surface area contributed by atoms with Gasteiger partial charge < -0.3 is 10.2 Å². The Balaban J connectivity index is 1.77. The number of rotatable bonds is 6. The Labute approximate surface area is 117 Å². The third-order valence-electron chi connectivity index (χ3n) is 3.37. The lowest BCUT2D eigenvalue weighted by Crippen LogP contribution is -2.29. The highest BCUT2D eigenvalue weighted by Gasteiger charge is 2.11. The minimum atomic E-state index is -0.434. The average Bonchev–Trinajstić information content (AvgIpc) is 2.89. The molecule has 2 rings (SSSR count). The van der Waals surface area contributed by atoms with Gasteiger partial charge in [-0.05, 0) is 37.6 Å². The number of nitrogens with zero attached hydrogens (tertiary/aromatic N) is 2. The van der Waals surface area contributed by atoms with Crippen LogP contribution >= 0.6 is 11.6 Å². The molecule has 19 heavy (non-hydrogen) atoms. The molecular weight excluding hydrogens is 266 g/mol. The predicted molar refractivity (Wildman–Crippen MR) is 75.5 cm³/mol. The molecule has 1 N–H and O–H groups in total. The number of hydrogen-bond acceptors (Lipinski definition) is 4. The highest BCUT2D eigenvalue weighted by Crippen LogP contribution is 2.22.